The van der Waals surface area contributed by atoms with E-state index in [0.29, 0.717) is 6.04 Å². The van der Waals surface area contributed by atoms with Crippen LogP contribution in [-0.2, 0) is 0 Å². The number of ether oxygens (including phenoxy) is 1. The summed E-state index contributed by atoms with van der Waals surface area (Å²) in [5, 5.41) is 0. The quantitative estimate of drug-likeness (QED) is 0.597. The minimum atomic E-state index is 0.309. The van der Waals surface area contributed by atoms with Crippen LogP contribution in [0.15, 0.2) is 29.2 Å². The molecule has 0 spiro atoms. The molecule has 0 saturated carbocycles. The lowest BCUT2D eigenvalue weighted by atomic mass is 10.2. The van der Waals surface area contributed by atoms with Crippen LogP contribution in [0.3, 0.4) is 0 Å². The first kappa shape index (κ1) is 12.4. The third-order valence-corrected chi connectivity index (χ3v) is 3.27. The van der Waals surface area contributed by atoms with Crippen molar-refractivity contribution in [3.63, 3.8) is 0 Å². The summed E-state index contributed by atoms with van der Waals surface area (Å²) >= 11 is 1.83. The van der Waals surface area contributed by atoms with Crippen molar-refractivity contribution in [2.24, 2.45) is 5.73 Å². The van der Waals surface area contributed by atoms with Gasteiger partial charge in [-0.1, -0.05) is 12.1 Å². The summed E-state index contributed by atoms with van der Waals surface area (Å²) in [5.41, 5.74) is 5.69. The molecule has 0 aliphatic carbocycles. The van der Waals surface area contributed by atoms with Gasteiger partial charge in [0.05, 0.1) is 7.11 Å². The zero-order valence-corrected chi connectivity index (χ0v) is 10.2. The molecular weight excluding hydrogens is 206 g/mol. The Morgan fingerprint density at radius 3 is 2.80 bits per heavy atom. The van der Waals surface area contributed by atoms with Gasteiger partial charge in [0.2, 0.25) is 0 Å². The Kier molecular flexibility index (Phi) is 5.58. The van der Waals surface area contributed by atoms with Crippen LogP contribution in [0, 0.1) is 0 Å². The lowest BCUT2D eigenvalue weighted by Crippen LogP contribution is -2.14. The van der Waals surface area contributed by atoms with E-state index in [1.165, 1.54) is 4.90 Å². The maximum Gasteiger partial charge on any atom is 0.132 e. The van der Waals surface area contributed by atoms with Gasteiger partial charge in [-0.05, 0) is 37.7 Å². The van der Waals surface area contributed by atoms with Crippen molar-refractivity contribution in [2.75, 3.05) is 12.9 Å². The molecule has 0 saturated heterocycles. The molecule has 0 aromatic heterocycles. The van der Waals surface area contributed by atoms with Gasteiger partial charge in [-0.3, -0.25) is 0 Å². The molecule has 2 nitrogen and oxygen atoms in total. The van der Waals surface area contributed by atoms with Crippen LogP contribution in [-0.4, -0.2) is 18.9 Å². The van der Waals surface area contributed by atoms with Crippen LogP contribution in [0.5, 0.6) is 5.75 Å². The van der Waals surface area contributed by atoms with E-state index in [-0.39, 0.29) is 0 Å². The van der Waals surface area contributed by atoms with Crippen molar-refractivity contribution < 1.29 is 4.74 Å². The molecule has 1 rings (SSSR count). The Bertz CT molecular complexity index is 289. The molecule has 1 aromatic carbocycles. The number of methoxy groups -OCH3 is 1. The lowest BCUT2D eigenvalue weighted by Gasteiger charge is -2.08. The van der Waals surface area contributed by atoms with Gasteiger partial charge in [0, 0.05) is 10.9 Å². The standard InChI is InChI=1S/C12H19NOS/c1-10(13)6-5-9-15-12-8-4-3-7-11(12)14-2/h3-4,7-8,10H,5-6,9,13H2,1-2H3. The highest BCUT2D eigenvalue weighted by Gasteiger charge is 2.02. The van der Waals surface area contributed by atoms with Crippen molar-refractivity contribution in [3.8, 4) is 5.75 Å². The molecule has 2 N–H and O–H groups in total. The zero-order valence-electron chi connectivity index (χ0n) is 9.40. The van der Waals surface area contributed by atoms with Gasteiger partial charge >= 0.3 is 0 Å². The summed E-state index contributed by atoms with van der Waals surface area (Å²) in [6.07, 6.45) is 2.24. The van der Waals surface area contributed by atoms with Crippen LogP contribution in [0.25, 0.3) is 0 Å². The van der Waals surface area contributed by atoms with E-state index in [2.05, 4.69) is 6.07 Å². The van der Waals surface area contributed by atoms with E-state index in [0.717, 1.165) is 24.3 Å². The van der Waals surface area contributed by atoms with Crippen LogP contribution in [0.2, 0.25) is 0 Å². The number of benzene rings is 1. The van der Waals surface area contributed by atoms with Gasteiger partial charge in [0.25, 0.3) is 0 Å². The van der Waals surface area contributed by atoms with Gasteiger partial charge in [0.1, 0.15) is 5.75 Å². The summed E-state index contributed by atoms with van der Waals surface area (Å²) in [6, 6.07) is 8.42. The van der Waals surface area contributed by atoms with E-state index in [9.17, 15) is 0 Å². The van der Waals surface area contributed by atoms with Gasteiger partial charge in [0.15, 0.2) is 0 Å². The third-order valence-electron chi connectivity index (χ3n) is 2.13. The Hall–Kier alpha value is -0.670. The Morgan fingerprint density at radius 1 is 1.40 bits per heavy atom. The number of thioether (sulfide) groups is 1. The molecule has 0 fully saturated rings. The second-order valence-electron chi connectivity index (χ2n) is 3.62. The van der Waals surface area contributed by atoms with Crippen molar-refractivity contribution in [3.05, 3.63) is 24.3 Å². The molecule has 0 heterocycles. The van der Waals surface area contributed by atoms with Crippen LogP contribution >= 0.6 is 11.8 Å². The number of para-hydroxylation sites is 1. The summed E-state index contributed by atoms with van der Waals surface area (Å²) in [4.78, 5) is 1.21. The maximum absolute atomic E-state index is 5.69. The van der Waals surface area contributed by atoms with E-state index in [1.54, 1.807) is 7.11 Å². The van der Waals surface area contributed by atoms with Gasteiger partial charge in [-0.15, -0.1) is 11.8 Å². The largest absolute Gasteiger partial charge is 0.496 e. The minimum absolute atomic E-state index is 0.309. The molecule has 0 aliphatic rings. The average molecular weight is 225 g/mol. The Balaban J connectivity index is 2.36. The molecular formula is C12H19NOS. The molecule has 1 unspecified atom stereocenters. The fraction of sp³-hybridized carbons (Fsp3) is 0.500. The first-order valence-electron chi connectivity index (χ1n) is 5.25. The van der Waals surface area contributed by atoms with Crippen LogP contribution < -0.4 is 10.5 Å². The molecule has 84 valence electrons. The van der Waals surface area contributed by atoms with Gasteiger partial charge in [-0.2, -0.15) is 0 Å². The second kappa shape index (κ2) is 6.75. The SMILES string of the molecule is COc1ccccc1SCCCC(C)N. The number of hydrogen-bond acceptors (Lipinski definition) is 3. The molecule has 0 radical (unpaired) electrons. The molecule has 3 heteroatoms. The summed E-state index contributed by atoms with van der Waals surface area (Å²) in [7, 11) is 1.71. The summed E-state index contributed by atoms with van der Waals surface area (Å²) < 4.78 is 5.28. The smallest absolute Gasteiger partial charge is 0.132 e. The Morgan fingerprint density at radius 2 is 2.13 bits per heavy atom. The van der Waals surface area contributed by atoms with Crippen LogP contribution in [0.4, 0.5) is 0 Å². The van der Waals surface area contributed by atoms with Gasteiger partial charge < -0.3 is 10.5 Å². The number of rotatable bonds is 6. The highest BCUT2D eigenvalue weighted by molar-refractivity contribution is 7.99. The topological polar surface area (TPSA) is 35.2 Å². The predicted octanol–water partition coefficient (Wildman–Crippen LogP) is 2.91. The normalized spacial score (nSPS) is 12.5. The Labute approximate surface area is 96.2 Å². The highest BCUT2D eigenvalue weighted by atomic mass is 32.2. The summed E-state index contributed by atoms with van der Waals surface area (Å²) in [6.45, 7) is 2.05. The van der Waals surface area contributed by atoms with Crippen molar-refractivity contribution in [1.82, 2.24) is 0 Å². The molecule has 1 atom stereocenters. The van der Waals surface area contributed by atoms with E-state index >= 15 is 0 Å². The maximum atomic E-state index is 5.69. The molecule has 0 amide bonds. The monoisotopic (exact) mass is 225 g/mol. The molecule has 15 heavy (non-hydrogen) atoms. The zero-order chi connectivity index (χ0) is 11.1. The van der Waals surface area contributed by atoms with Crippen LogP contribution in [0.1, 0.15) is 19.8 Å². The number of hydrogen-bond donors (Lipinski definition) is 1. The molecule has 0 bridgehead atoms. The van der Waals surface area contributed by atoms with Crippen molar-refractivity contribution >= 4 is 11.8 Å². The fourth-order valence-electron chi connectivity index (χ4n) is 1.33. The minimum Gasteiger partial charge on any atom is -0.496 e. The highest BCUT2D eigenvalue weighted by Crippen LogP contribution is 2.29. The summed E-state index contributed by atoms with van der Waals surface area (Å²) in [5.74, 6) is 2.06. The third kappa shape index (κ3) is 4.58. The second-order valence-corrected chi connectivity index (χ2v) is 4.76. The molecule has 0 aliphatic heterocycles. The van der Waals surface area contributed by atoms with Crippen molar-refractivity contribution in [2.45, 2.75) is 30.7 Å². The number of nitrogens with two attached hydrogens (primary N) is 1. The van der Waals surface area contributed by atoms with E-state index in [4.69, 9.17) is 10.5 Å². The average Bonchev–Trinajstić information content (AvgIpc) is 2.24. The van der Waals surface area contributed by atoms with Gasteiger partial charge in [-0.25, -0.2) is 0 Å². The lowest BCUT2D eigenvalue weighted by molar-refractivity contribution is 0.405. The van der Waals surface area contributed by atoms with E-state index < -0.39 is 0 Å². The molecule has 1 aromatic rings. The van der Waals surface area contributed by atoms with E-state index in [1.807, 2.05) is 36.9 Å². The fourth-order valence-corrected chi connectivity index (χ4v) is 2.32. The van der Waals surface area contributed by atoms with Crippen molar-refractivity contribution in [1.29, 1.82) is 0 Å². The first-order valence-corrected chi connectivity index (χ1v) is 6.24. The first-order chi connectivity index (χ1) is 7.24. The predicted molar refractivity (Wildman–Crippen MR) is 66.6 cm³/mol.